The van der Waals surface area contributed by atoms with Crippen LogP contribution in [0.15, 0.2) is 67.1 Å². The highest BCUT2D eigenvalue weighted by Crippen LogP contribution is 2.34. The van der Waals surface area contributed by atoms with Crippen LogP contribution in [0.25, 0.3) is 22.2 Å². The van der Waals surface area contributed by atoms with Gasteiger partial charge in [0.15, 0.2) is 5.65 Å². The van der Waals surface area contributed by atoms with Crippen LogP contribution in [0.3, 0.4) is 0 Å². The van der Waals surface area contributed by atoms with Gasteiger partial charge >= 0.3 is 0 Å². The number of aromatic nitrogens is 3. The Morgan fingerprint density at radius 1 is 1.03 bits per heavy atom. The number of carbonyl (C=O) groups excluding carboxylic acids is 1. The zero-order chi connectivity index (χ0) is 21.1. The normalized spacial score (nSPS) is 10.9. The molecule has 1 amide bonds. The molecular weight excluding hydrogens is 378 g/mol. The first-order valence-electron chi connectivity index (χ1n) is 9.87. The topological polar surface area (TPSA) is 86.3 Å². The summed E-state index contributed by atoms with van der Waals surface area (Å²) in [5.74, 6) is 1.88. The number of nitrogens with zero attached hydrogens (tertiary/aromatic N) is 4. The second-order valence-electron chi connectivity index (χ2n) is 6.75. The lowest BCUT2D eigenvalue weighted by molar-refractivity contribution is -0.119. The van der Waals surface area contributed by atoms with Gasteiger partial charge in [0.25, 0.3) is 0 Å². The fraction of sp³-hybridized carbons (Fsp3) is 0.174. The van der Waals surface area contributed by atoms with Gasteiger partial charge in [-0.3, -0.25) is 4.79 Å². The van der Waals surface area contributed by atoms with Crippen LogP contribution in [-0.2, 0) is 4.79 Å². The molecule has 0 aliphatic rings. The van der Waals surface area contributed by atoms with Crippen molar-refractivity contribution in [1.29, 1.82) is 0 Å². The Balaban J connectivity index is 1.76. The molecule has 0 unspecified atom stereocenters. The van der Waals surface area contributed by atoms with E-state index in [2.05, 4.69) is 9.97 Å². The molecule has 2 aromatic carbocycles. The number of hydrogen-bond donors (Lipinski definition) is 1. The van der Waals surface area contributed by atoms with Crippen molar-refractivity contribution in [1.82, 2.24) is 14.6 Å². The van der Waals surface area contributed by atoms with Crippen LogP contribution in [0.2, 0.25) is 0 Å². The lowest BCUT2D eigenvalue weighted by atomic mass is 10.1. The summed E-state index contributed by atoms with van der Waals surface area (Å²) in [5, 5.41) is 2.38. The predicted octanol–water partition coefficient (Wildman–Crippen LogP) is 4.37. The molecule has 152 valence electrons. The Morgan fingerprint density at radius 2 is 1.73 bits per heavy atom. The van der Waals surface area contributed by atoms with Crippen molar-refractivity contribution in [2.24, 2.45) is 0 Å². The number of nitrogen functional groups attached to an aromatic ring is 1. The van der Waals surface area contributed by atoms with Crippen molar-refractivity contribution < 1.29 is 9.53 Å². The summed E-state index contributed by atoms with van der Waals surface area (Å²) in [6.07, 6.45) is 3.70. The highest BCUT2D eigenvalue weighted by Gasteiger charge is 2.20. The molecule has 0 aliphatic heterocycles. The summed E-state index contributed by atoms with van der Waals surface area (Å²) >= 11 is 0. The number of benzene rings is 2. The highest BCUT2D eigenvalue weighted by molar-refractivity contribution is 6.02. The monoisotopic (exact) mass is 401 g/mol. The van der Waals surface area contributed by atoms with E-state index in [4.69, 9.17) is 10.5 Å². The minimum Gasteiger partial charge on any atom is -0.457 e. The van der Waals surface area contributed by atoms with Crippen LogP contribution >= 0.6 is 0 Å². The van der Waals surface area contributed by atoms with Crippen molar-refractivity contribution in [3.63, 3.8) is 0 Å². The molecule has 0 aliphatic carbocycles. The Hall–Kier alpha value is -3.87. The van der Waals surface area contributed by atoms with Crippen LogP contribution in [0.5, 0.6) is 11.5 Å². The van der Waals surface area contributed by atoms with Gasteiger partial charge in [-0.1, -0.05) is 37.3 Å². The summed E-state index contributed by atoms with van der Waals surface area (Å²) in [5.41, 5.74) is 8.59. The predicted molar refractivity (Wildman–Crippen MR) is 118 cm³/mol. The molecule has 2 heterocycles. The number of amides is 1. The lowest BCUT2D eigenvalue weighted by Gasteiger charge is -2.22. The number of ether oxygens (including phenoxy) is 1. The third kappa shape index (κ3) is 3.57. The van der Waals surface area contributed by atoms with Crippen molar-refractivity contribution in [2.75, 3.05) is 17.3 Å². The molecule has 7 nitrogen and oxygen atoms in total. The number of rotatable bonds is 6. The van der Waals surface area contributed by atoms with Gasteiger partial charge < -0.3 is 10.5 Å². The van der Waals surface area contributed by atoms with Crippen molar-refractivity contribution in [3.8, 4) is 22.6 Å². The van der Waals surface area contributed by atoms with Crippen LogP contribution in [0, 0.1) is 0 Å². The van der Waals surface area contributed by atoms with Gasteiger partial charge in [-0.15, -0.1) is 0 Å². The minimum atomic E-state index is 0.00439. The summed E-state index contributed by atoms with van der Waals surface area (Å²) in [6.45, 7) is 4.29. The molecule has 4 aromatic rings. The largest absolute Gasteiger partial charge is 0.457 e. The van der Waals surface area contributed by atoms with E-state index >= 15 is 0 Å². The van der Waals surface area contributed by atoms with Crippen LogP contribution in [-0.4, -0.2) is 27.1 Å². The molecule has 0 spiro atoms. The van der Waals surface area contributed by atoms with Gasteiger partial charge in [0, 0.05) is 24.7 Å². The molecule has 30 heavy (non-hydrogen) atoms. The van der Waals surface area contributed by atoms with Gasteiger partial charge in [0.1, 0.15) is 23.6 Å². The fourth-order valence-electron chi connectivity index (χ4n) is 3.43. The lowest BCUT2D eigenvalue weighted by Crippen LogP contribution is -2.39. The van der Waals surface area contributed by atoms with E-state index in [1.165, 1.54) is 6.33 Å². The van der Waals surface area contributed by atoms with E-state index in [1.807, 2.05) is 74.6 Å². The van der Waals surface area contributed by atoms with Crippen molar-refractivity contribution in [2.45, 2.75) is 20.3 Å². The van der Waals surface area contributed by atoms with Crippen LogP contribution < -0.4 is 15.5 Å². The molecule has 0 bridgehead atoms. The molecule has 0 fully saturated rings. The average molecular weight is 401 g/mol. The molecule has 2 N–H and O–H groups in total. The Labute approximate surface area is 174 Å². The smallest absolute Gasteiger partial charge is 0.241 e. The molecule has 0 saturated carbocycles. The number of fused-ring (bicyclic) bond motifs is 1. The van der Waals surface area contributed by atoms with Crippen molar-refractivity contribution >= 4 is 22.8 Å². The minimum absolute atomic E-state index is 0.00439. The maximum Gasteiger partial charge on any atom is 0.241 e. The number of carbonyl (C=O) groups is 1. The number of anilines is 1. The van der Waals surface area contributed by atoms with Gasteiger partial charge in [-0.25, -0.2) is 19.7 Å². The molecule has 7 heteroatoms. The zero-order valence-electron chi connectivity index (χ0n) is 16.9. The average Bonchev–Trinajstić information content (AvgIpc) is 3.16. The first-order valence-corrected chi connectivity index (χ1v) is 9.87. The van der Waals surface area contributed by atoms with E-state index in [0.29, 0.717) is 24.4 Å². The molecule has 0 radical (unpaired) electrons. The van der Waals surface area contributed by atoms with Crippen LogP contribution in [0.4, 0.5) is 5.82 Å². The summed E-state index contributed by atoms with van der Waals surface area (Å²) < 4.78 is 7.65. The fourth-order valence-corrected chi connectivity index (χ4v) is 3.43. The Bertz CT molecular complexity index is 1170. The Morgan fingerprint density at radius 3 is 2.40 bits per heavy atom. The first-order chi connectivity index (χ1) is 14.6. The van der Waals surface area contributed by atoms with Crippen molar-refractivity contribution in [3.05, 3.63) is 67.1 Å². The molecular formula is C23H23N5O2. The highest BCUT2D eigenvalue weighted by atomic mass is 16.5. The second kappa shape index (κ2) is 8.24. The molecule has 2 aromatic heterocycles. The summed E-state index contributed by atoms with van der Waals surface area (Å²) in [6, 6.07) is 17.3. The zero-order valence-corrected chi connectivity index (χ0v) is 16.9. The third-order valence-corrected chi connectivity index (χ3v) is 4.89. The van der Waals surface area contributed by atoms with E-state index in [1.54, 1.807) is 9.69 Å². The van der Waals surface area contributed by atoms with E-state index in [9.17, 15) is 4.79 Å². The molecule has 0 atom stereocenters. The van der Waals surface area contributed by atoms with Gasteiger partial charge in [-0.2, -0.15) is 0 Å². The number of hydrogen-bond acceptors (Lipinski definition) is 5. The molecule has 0 saturated heterocycles. The maximum absolute atomic E-state index is 12.5. The quantitative estimate of drug-likeness (QED) is 0.518. The maximum atomic E-state index is 12.5. The SMILES string of the molecule is CCC(=O)N(CC)n1cc(-c2ccc(Oc3ccccc3)cc2)c2c(N)ncnc21. The Kier molecular flexibility index (Phi) is 5.34. The van der Waals surface area contributed by atoms with Gasteiger partial charge in [0.05, 0.1) is 5.39 Å². The van der Waals surface area contributed by atoms with Crippen LogP contribution in [0.1, 0.15) is 20.3 Å². The van der Waals surface area contributed by atoms with E-state index < -0.39 is 0 Å². The third-order valence-electron chi connectivity index (χ3n) is 4.89. The number of nitrogens with two attached hydrogens (primary N) is 1. The number of para-hydroxylation sites is 1. The second-order valence-corrected chi connectivity index (χ2v) is 6.75. The van der Waals surface area contributed by atoms with Gasteiger partial charge in [0.2, 0.25) is 5.91 Å². The van der Waals surface area contributed by atoms with E-state index in [-0.39, 0.29) is 5.91 Å². The van der Waals surface area contributed by atoms with E-state index in [0.717, 1.165) is 28.0 Å². The summed E-state index contributed by atoms with van der Waals surface area (Å²) in [4.78, 5) is 21.0. The standard InChI is InChI=1S/C23H23N5O2/c1-3-20(29)27(4-2)28-14-19(21-22(24)25-15-26-23(21)28)16-10-12-18(13-11-16)30-17-8-6-5-7-9-17/h5-15H,3-4H2,1-2H3,(H2,24,25,26). The molecule has 4 rings (SSSR count). The summed E-state index contributed by atoms with van der Waals surface area (Å²) in [7, 11) is 0. The van der Waals surface area contributed by atoms with Gasteiger partial charge in [-0.05, 0) is 36.8 Å². The first kappa shape index (κ1) is 19.4.